The van der Waals surface area contributed by atoms with Crippen LogP contribution in [0.3, 0.4) is 0 Å². The first kappa shape index (κ1) is 13.1. The van der Waals surface area contributed by atoms with Crippen molar-refractivity contribution < 1.29 is 13.9 Å². The molecule has 1 aromatic heterocycles. The number of rotatable bonds is 3. The van der Waals surface area contributed by atoms with Crippen LogP contribution in [0, 0.1) is 5.82 Å². The SMILES string of the molecule is COc1ccc(CN(C)C(=O)n2ccnc2)cc1F. The van der Waals surface area contributed by atoms with Gasteiger partial charge in [-0.05, 0) is 17.7 Å². The van der Waals surface area contributed by atoms with E-state index in [0.717, 1.165) is 0 Å². The van der Waals surface area contributed by atoms with Crippen LogP contribution in [0.5, 0.6) is 5.75 Å². The van der Waals surface area contributed by atoms with Crippen LogP contribution in [0.1, 0.15) is 5.56 Å². The van der Waals surface area contributed by atoms with Gasteiger partial charge in [-0.15, -0.1) is 0 Å². The van der Waals surface area contributed by atoms with Crippen LogP contribution in [0.15, 0.2) is 36.9 Å². The van der Waals surface area contributed by atoms with E-state index in [9.17, 15) is 9.18 Å². The van der Waals surface area contributed by atoms with E-state index in [2.05, 4.69) is 4.98 Å². The molecule has 1 heterocycles. The second-order valence-corrected chi connectivity index (χ2v) is 4.08. The summed E-state index contributed by atoms with van der Waals surface area (Å²) >= 11 is 0. The van der Waals surface area contributed by atoms with Crippen LogP contribution in [-0.4, -0.2) is 34.6 Å². The van der Waals surface area contributed by atoms with Crippen molar-refractivity contribution in [3.63, 3.8) is 0 Å². The predicted molar refractivity (Wildman–Crippen MR) is 67.4 cm³/mol. The molecular formula is C13H14FN3O2. The molecule has 1 aromatic carbocycles. The average Bonchev–Trinajstić information content (AvgIpc) is 2.92. The molecule has 0 bridgehead atoms. The number of benzene rings is 1. The number of hydrogen-bond donors (Lipinski definition) is 0. The van der Waals surface area contributed by atoms with E-state index in [4.69, 9.17) is 4.74 Å². The van der Waals surface area contributed by atoms with Gasteiger partial charge in [0.05, 0.1) is 7.11 Å². The molecule has 0 aliphatic rings. The van der Waals surface area contributed by atoms with Crippen molar-refractivity contribution in [1.29, 1.82) is 0 Å². The number of carbonyl (C=O) groups excluding carboxylic acids is 1. The lowest BCUT2D eigenvalue weighted by Gasteiger charge is -2.17. The third-order valence-corrected chi connectivity index (χ3v) is 2.69. The molecule has 2 aromatic rings. The lowest BCUT2D eigenvalue weighted by atomic mass is 10.2. The molecule has 0 saturated heterocycles. The first-order valence-electron chi connectivity index (χ1n) is 5.67. The number of ether oxygens (including phenoxy) is 1. The van der Waals surface area contributed by atoms with Gasteiger partial charge < -0.3 is 9.64 Å². The van der Waals surface area contributed by atoms with Crippen molar-refractivity contribution in [2.45, 2.75) is 6.54 Å². The first-order chi connectivity index (χ1) is 9.11. The number of amides is 1. The zero-order chi connectivity index (χ0) is 13.8. The van der Waals surface area contributed by atoms with Gasteiger partial charge in [-0.3, -0.25) is 4.57 Å². The van der Waals surface area contributed by atoms with Crippen LogP contribution >= 0.6 is 0 Å². The Morgan fingerprint density at radius 2 is 2.32 bits per heavy atom. The van der Waals surface area contributed by atoms with Gasteiger partial charge in [0.2, 0.25) is 0 Å². The van der Waals surface area contributed by atoms with Crippen molar-refractivity contribution in [2.24, 2.45) is 0 Å². The van der Waals surface area contributed by atoms with E-state index in [-0.39, 0.29) is 11.8 Å². The monoisotopic (exact) mass is 263 g/mol. The number of methoxy groups -OCH3 is 1. The highest BCUT2D eigenvalue weighted by molar-refractivity contribution is 5.76. The normalized spacial score (nSPS) is 10.3. The van der Waals surface area contributed by atoms with Crippen LogP contribution in [0.2, 0.25) is 0 Å². The minimum atomic E-state index is -0.441. The maximum atomic E-state index is 13.5. The molecule has 0 aliphatic heterocycles. The van der Waals surface area contributed by atoms with Crippen molar-refractivity contribution in [1.82, 2.24) is 14.5 Å². The summed E-state index contributed by atoms with van der Waals surface area (Å²) in [6.07, 6.45) is 4.51. The minimum absolute atomic E-state index is 0.187. The summed E-state index contributed by atoms with van der Waals surface area (Å²) in [5, 5.41) is 0. The van der Waals surface area contributed by atoms with E-state index >= 15 is 0 Å². The second kappa shape index (κ2) is 5.51. The van der Waals surface area contributed by atoms with E-state index in [1.807, 2.05) is 0 Å². The van der Waals surface area contributed by atoms with Crippen molar-refractivity contribution in [3.05, 3.63) is 48.3 Å². The molecule has 0 spiro atoms. The third kappa shape index (κ3) is 2.90. The van der Waals surface area contributed by atoms with Gasteiger partial charge in [0.15, 0.2) is 11.6 Å². The number of halogens is 1. The third-order valence-electron chi connectivity index (χ3n) is 2.69. The molecule has 0 N–H and O–H groups in total. The molecular weight excluding hydrogens is 249 g/mol. The van der Waals surface area contributed by atoms with Crippen LogP contribution < -0.4 is 4.74 Å². The summed E-state index contributed by atoms with van der Waals surface area (Å²) in [5.74, 6) is -0.254. The van der Waals surface area contributed by atoms with Gasteiger partial charge in [-0.25, -0.2) is 14.2 Å². The van der Waals surface area contributed by atoms with Crippen LogP contribution in [0.4, 0.5) is 9.18 Å². The van der Waals surface area contributed by atoms with Gasteiger partial charge in [0.1, 0.15) is 6.33 Å². The Hall–Kier alpha value is -2.37. The molecule has 0 unspecified atom stereocenters. The molecule has 0 aliphatic carbocycles. The number of carbonyl (C=O) groups is 1. The van der Waals surface area contributed by atoms with Gasteiger partial charge in [0.25, 0.3) is 0 Å². The van der Waals surface area contributed by atoms with Crippen molar-refractivity contribution in [3.8, 4) is 5.75 Å². The Morgan fingerprint density at radius 3 is 2.89 bits per heavy atom. The van der Waals surface area contributed by atoms with Crippen molar-refractivity contribution >= 4 is 6.03 Å². The molecule has 0 radical (unpaired) electrons. The fraction of sp³-hybridized carbons (Fsp3) is 0.231. The molecule has 2 rings (SSSR count). The summed E-state index contributed by atoms with van der Waals surface area (Å²) in [7, 11) is 3.05. The molecule has 100 valence electrons. The Kier molecular flexibility index (Phi) is 3.79. The topological polar surface area (TPSA) is 47.4 Å². The van der Waals surface area contributed by atoms with Crippen LogP contribution in [0.25, 0.3) is 0 Å². The largest absolute Gasteiger partial charge is 0.494 e. The Morgan fingerprint density at radius 1 is 1.53 bits per heavy atom. The van der Waals surface area contributed by atoms with E-state index in [0.29, 0.717) is 12.1 Å². The highest BCUT2D eigenvalue weighted by atomic mass is 19.1. The van der Waals surface area contributed by atoms with E-state index in [1.165, 1.54) is 35.2 Å². The highest BCUT2D eigenvalue weighted by Crippen LogP contribution is 2.18. The molecule has 1 amide bonds. The smallest absolute Gasteiger partial charge is 0.329 e. The minimum Gasteiger partial charge on any atom is -0.494 e. The van der Waals surface area contributed by atoms with Gasteiger partial charge >= 0.3 is 6.03 Å². The lowest BCUT2D eigenvalue weighted by molar-refractivity contribution is 0.208. The maximum Gasteiger partial charge on any atom is 0.329 e. The zero-order valence-electron chi connectivity index (χ0n) is 10.7. The Labute approximate surface area is 110 Å². The van der Waals surface area contributed by atoms with Crippen LogP contribution in [-0.2, 0) is 6.54 Å². The predicted octanol–water partition coefficient (Wildman–Crippen LogP) is 2.13. The molecule has 0 saturated carbocycles. The zero-order valence-corrected chi connectivity index (χ0v) is 10.7. The molecule has 19 heavy (non-hydrogen) atoms. The number of imidazole rings is 1. The lowest BCUT2D eigenvalue weighted by Crippen LogP contribution is -2.29. The fourth-order valence-electron chi connectivity index (χ4n) is 1.72. The second-order valence-electron chi connectivity index (χ2n) is 4.08. The summed E-state index contributed by atoms with van der Waals surface area (Å²) in [6.45, 7) is 0.303. The molecule has 0 fully saturated rings. The standard InChI is InChI=1S/C13H14FN3O2/c1-16(13(18)17-6-5-15-9-17)8-10-3-4-12(19-2)11(14)7-10/h3-7,9H,8H2,1-2H3. The van der Waals surface area contributed by atoms with E-state index in [1.54, 1.807) is 25.4 Å². The molecule has 0 atom stereocenters. The molecule has 5 nitrogen and oxygen atoms in total. The van der Waals surface area contributed by atoms with Gasteiger partial charge in [0, 0.05) is 26.0 Å². The number of aromatic nitrogens is 2. The van der Waals surface area contributed by atoms with Gasteiger partial charge in [-0.2, -0.15) is 0 Å². The number of nitrogens with zero attached hydrogens (tertiary/aromatic N) is 3. The summed E-state index contributed by atoms with van der Waals surface area (Å²) in [4.78, 5) is 17.2. The highest BCUT2D eigenvalue weighted by Gasteiger charge is 2.12. The summed E-state index contributed by atoms with van der Waals surface area (Å²) in [5.41, 5.74) is 0.689. The number of hydrogen-bond acceptors (Lipinski definition) is 3. The summed E-state index contributed by atoms with van der Waals surface area (Å²) < 4.78 is 19.7. The van der Waals surface area contributed by atoms with E-state index < -0.39 is 5.82 Å². The molecule has 6 heteroatoms. The Balaban J connectivity index is 2.08. The summed E-state index contributed by atoms with van der Waals surface area (Å²) in [6, 6.07) is 4.39. The average molecular weight is 263 g/mol. The first-order valence-corrected chi connectivity index (χ1v) is 5.67. The quantitative estimate of drug-likeness (QED) is 0.852. The maximum absolute atomic E-state index is 13.5. The fourth-order valence-corrected chi connectivity index (χ4v) is 1.72. The Bertz CT molecular complexity index is 569. The van der Waals surface area contributed by atoms with Crippen molar-refractivity contribution in [2.75, 3.05) is 14.2 Å². The van der Waals surface area contributed by atoms with Gasteiger partial charge in [-0.1, -0.05) is 6.07 Å².